The standard InChI is InChI=1S/C22H20N4O5S/c1-30-20-10-5-16(12-17(20)15-32-22-4-2-3-11-23-22)13-24-25-21(27)14-31-19-8-6-18(7-9-19)26(28)29/h2-13H,14-15H2,1H3,(H,25,27). The fraction of sp³-hybridized carbons (Fsp3) is 0.136. The molecular formula is C22H20N4O5S. The third-order valence-corrected chi connectivity index (χ3v) is 5.13. The van der Waals surface area contributed by atoms with Crippen molar-refractivity contribution in [3.05, 3.63) is 88.1 Å². The first-order chi connectivity index (χ1) is 15.5. The van der Waals surface area contributed by atoms with Crippen molar-refractivity contribution in [2.75, 3.05) is 13.7 Å². The molecule has 0 unspecified atom stereocenters. The minimum Gasteiger partial charge on any atom is -0.496 e. The number of thioether (sulfide) groups is 1. The number of nitrogens with zero attached hydrogens (tertiary/aromatic N) is 3. The van der Waals surface area contributed by atoms with Crippen LogP contribution in [-0.2, 0) is 10.5 Å². The Hall–Kier alpha value is -3.92. The van der Waals surface area contributed by atoms with Crippen LogP contribution in [0.5, 0.6) is 11.5 Å². The van der Waals surface area contributed by atoms with Gasteiger partial charge in [0, 0.05) is 29.6 Å². The molecule has 0 bridgehead atoms. The normalized spacial score (nSPS) is 10.7. The first-order valence-corrected chi connectivity index (χ1v) is 10.4. The summed E-state index contributed by atoms with van der Waals surface area (Å²) in [5, 5.41) is 15.5. The Morgan fingerprint density at radius 3 is 2.72 bits per heavy atom. The van der Waals surface area contributed by atoms with Gasteiger partial charge in [0.05, 0.1) is 23.3 Å². The molecule has 32 heavy (non-hydrogen) atoms. The number of pyridine rings is 1. The van der Waals surface area contributed by atoms with Crippen LogP contribution >= 0.6 is 11.8 Å². The summed E-state index contributed by atoms with van der Waals surface area (Å²) < 4.78 is 10.7. The van der Waals surface area contributed by atoms with E-state index in [1.54, 1.807) is 25.1 Å². The summed E-state index contributed by atoms with van der Waals surface area (Å²) in [6.07, 6.45) is 3.27. The molecule has 9 nitrogen and oxygen atoms in total. The summed E-state index contributed by atoms with van der Waals surface area (Å²) in [6.45, 7) is -0.274. The Morgan fingerprint density at radius 2 is 2.03 bits per heavy atom. The minimum absolute atomic E-state index is 0.0521. The number of carbonyl (C=O) groups is 1. The molecule has 10 heteroatoms. The van der Waals surface area contributed by atoms with Gasteiger partial charge in [0.25, 0.3) is 11.6 Å². The second-order valence-corrected chi connectivity index (χ2v) is 7.36. The molecule has 0 atom stereocenters. The fourth-order valence-corrected chi connectivity index (χ4v) is 3.44. The van der Waals surface area contributed by atoms with Crippen molar-refractivity contribution in [2.45, 2.75) is 10.8 Å². The molecule has 0 fully saturated rings. The predicted molar refractivity (Wildman–Crippen MR) is 121 cm³/mol. The zero-order valence-corrected chi connectivity index (χ0v) is 18.0. The average Bonchev–Trinajstić information content (AvgIpc) is 2.82. The van der Waals surface area contributed by atoms with Crippen LogP contribution < -0.4 is 14.9 Å². The van der Waals surface area contributed by atoms with Crippen LogP contribution in [0.2, 0.25) is 0 Å². The number of hydrogen-bond donors (Lipinski definition) is 1. The van der Waals surface area contributed by atoms with Crippen LogP contribution in [0.3, 0.4) is 0 Å². The average molecular weight is 452 g/mol. The lowest BCUT2D eigenvalue weighted by molar-refractivity contribution is -0.384. The maximum absolute atomic E-state index is 11.9. The summed E-state index contributed by atoms with van der Waals surface area (Å²) in [7, 11) is 1.61. The number of ether oxygens (including phenoxy) is 2. The number of nitro benzene ring substituents is 1. The van der Waals surface area contributed by atoms with Gasteiger partial charge in [-0.15, -0.1) is 11.8 Å². The van der Waals surface area contributed by atoms with Gasteiger partial charge in [-0.3, -0.25) is 14.9 Å². The van der Waals surface area contributed by atoms with E-state index in [-0.39, 0.29) is 12.3 Å². The molecule has 3 rings (SSSR count). The number of carbonyl (C=O) groups excluding carboxylic acids is 1. The number of hydrazone groups is 1. The number of benzene rings is 2. The second kappa shape index (κ2) is 11.5. The van der Waals surface area contributed by atoms with Crippen LogP contribution in [0.4, 0.5) is 5.69 Å². The summed E-state index contributed by atoms with van der Waals surface area (Å²) >= 11 is 1.59. The predicted octanol–water partition coefficient (Wildman–Crippen LogP) is 3.82. The lowest BCUT2D eigenvalue weighted by Crippen LogP contribution is -2.24. The van der Waals surface area contributed by atoms with E-state index in [9.17, 15) is 14.9 Å². The van der Waals surface area contributed by atoms with Crippen molar-refractivity contribution in [2.24, 2.45) is 5.10 Å². The lowest BCUT2D eigenvalue weighted by Gasteiger charge is -2.09. The smallest absolute Gasteiger partial charge is 0.277 e. The van der Waals surface area contributed by atoms with Gasteiger partial charge in [0.15, 0.2) is 6.61 Å². The Kier molecular flexibility index (Phi) is 8.15. The molecule has 3 aromatic rings. The molecule has 1 amide bonds. The molecule has 1 heterocycles. The number of non-ortho nitro benzene ring substituents is 1. The molecule has 0 saturated heterocycles. The highest BCUT2D eigenvalue weighted by Crippen LogP contribution is 2.27. The Morgan fingerprint density at radius 1 is 1.22 bits per heavy atom. The van der Waals surface area contributed by atoms with E-state index < -0.39 is 10.8 Å². The number of nitrogens with one attached hydrogen (secondary N) is 1. The van der Waals surface area contributed by atoms with Crippen LogP contribution in [0.1, 0.15) is 11.1 Å². The maximum atomic E-state index is 11.9. The van der Waals surface area contributed by atoms with E-state index in [1.165, 1.54) is 30.5 Å². The molecule has 2 aromatic carbocycles. The van der Waals surface area contributed by atoms with Crippen LogP contribution in [0.25, 0.3) is 0 Å². The number of hydrogen-bond acceptors (Lipinski definition) is 8. The molecule has 0 aliphatic rings. The van der Waals surface area contributed by atoms with Crippen LogP contribution in [0, 0.1) is 10.1 Å². The van der Waals surface area contributed by atoms with E-state index in [4.69, 9.17) is 9.47 Å². The lowest BCUT2D eigenvalue weighted by atomic mass is 10.1. The van der Waals surface area contributed by atoms with Crippen molar-refractivity contribution in [3.8, 4) is 11.5 Å². The van der Waals surface area contributed by atoms with Gasteiger partial charge in [0.1, 0.15) is 11.5 Å². The number of aromatic nitrogens is 1. The molecule has 0 spiro atoms. The van der Waals surface area contributed by atoms with Gasteiger partial charge >= 0.3 is 0 Å². The highest BCUT2D eigenvalue weighted by molar-refractivity contribution is 7.98. The third-order valence-electron chi connectivity index (χ3n) is 4.14. The largest absolute Gasteiger partial charge is 0.496 e. The SMILES string of the molecule is COc1ccc(C=NNC(=O)COc2ccc([N+](=O)[O-])cc2)cc1CSc1ccccn1. The summed E-state index contributed by atoms with van der Waals surface area (Å²) in [6, 6.07) is 16.8. The summed E-state index contributed by atoms with van der Waals surface area (Å²) in [5.41, 5.74) is 4.10. The minimum atomic E-state index is -0.507. The Balaban J connectivity index is 1.52. The topological polar surface area (TPSA) is 116 Å². The van der Waals surface area contributed by atoms with Gasteiger partial charge in [-0.05, 0) is 48.0 Å². The van der Waals surface area contributed by atoms with Crippen LogP contribution in [0.15, 0.2) is 77.0 Å². The first kappa shape index (κ1) is 22.8. The van der Waals surface area contributed by atoms with Gasteiger partial charge in [0.2, 0.25) is 0 Å². The Labute approximate surface area is 188 Å². The molecule has 0 saturated carbocycles. The van der Waals surface area contributed by atoms with Crippen LogP contribution in [-0.4, -0.2) is 35.7 Å². The monoisotopic (exact) mass is 452 g/mol. The molecule has 1 aromatic heterocycles. The Bertz CT molecular complexity index is 1090. The van der Waals surface area contributed by atoms with Gasteiger partial charge in [-0.2, -0.15) is 5.10 Å². The number of methoxy groups -OCH3 is 1. The van der Waals surface area contributed by atoms with Gasteiger partial charge in [-0.1, -0.05) is 6.07 Å². The second-order valence-electron chi connectivity index (χ2n) is 6.36. The number of amides is 1. The highest BCUT2D eigenvalue weighted by Gasteiger charge is 2.07. The van der Waals surface area contributed by atoms with E-state index in [1.807, 2.05) is 36.4 Å². The van der Waals surface area contributed by atoms with Crippen molar-refractivity contribution in [3.63, 3.8) is 0 Å². The third kappa shape index (κ3) is 6.81. The number of rotatable bonds is 10. The number of nitro groups is 1. The van der Waals surface area contributed by atoms with E-state index in [0.717, 1.165) is 21.9 Å². The van der Waals surface area contributed by atoms with E-state index >= 15 is 0 Å². The molecule has 164 valence electrons. The van der Waals surface area contributed by atoms with Gasteiger partial charge in [-0.25, -0.2) is 10.4 Å². The molecular weight excluding hydrogens is 432 g/mol. The van der Waals surface area contributed by atoms with E-state index in [0.29, 0.717) is 11.5 Å². The van der Waals surface area contributed by atoms with E-state index in [2.05, 4.69) is 15.5 Å². The maximum Gasteiger partial charge on any atom is 0.277 e. The summed E-state index contributed by atoms with van der Waals surface area (Å²) in [5.74, 6) is 1.31. The van der Waals surface area contributed by atoms with Crippen molar-refractivity contribution >= 4 is 29.6 Å². The molecule has 0 aliphatic carbocycles. The molecule has 1 N–H and O–H groups in total. The summed E-state index contributed by atoms with van der Waals surface area (Å²) in [4.78, 5) is 26.4. The highest BCUT2D eigenvalue weighted by atomic mass is 32.2. The zero-order chi connectivity index (χ0) is 22.8. The fourth-order valence-electron chi connectivity index (χ4n) is 2.60. The van der Waals surface area contributed by atoms with Crippen molar-refractivity contribution < 1.29 is 19.2 Å². The molecule has 0 radical (unpaired) electrons. The molecule has 0 aliphatic heterocycles. The van der Waals surface area contributed by atoms with Crippen molar-refractivity contribution in [1.82, 2.24) is 10.4 Å². The van der Waals surface area contributed by atoms with Crippen molar-refractivity contribution in [1.29, 1.82) is 0 Å². The quantitative estimate of drug-likeness (QED) is 0.215. The van der Waals surface area contributed by atoms with Gasteiger partial charge < -0.3 is 9.47 Å². The first-order valence-electron chi connectivity index (χ1n) is 9.45. The zero-order valence-electron chi connectivity index (χ0n) is 17.1.